The van der Waals surface area contributed by atoms with Gasteiger partial charge in [-0.15, -0.1) is 0 Å². The first-order chi connectivity index (χ1) is 7.74. The largest absolute Gasteiger partial charge is 0.397 e. The van der Waals surface area contributed by atoms with Crippen LogP contribution in [0.4, 0.5) is 33.3 Å². The van der Waals surface area contributed by atoms with Crippen LogP contribution in [0.1, 0.15) is 5.56 Å². The fourth-order valence-corrected chi connectivity index (χ4v) is 1.14. The van der Waals surface area contributed by atoms with Crippen LogP contribution in [0.15, 0.2) is 12.1 Å². The van der Waals surface area contributed by atoms with Crippen LogP contribution in [0.25, 0.3) is 0 Å². The van der Waals surface area contributed by atoms with E-state index in [9.17, 15) is 22.0 Å². The number of nitrogen functional groups attached to an aromatic ring is 1. The molecule has 1 aromatic rings. The zero-order valence-electron chi connectivity index (χ0n) is 8.91. The molecule has 1 rings (SSSR count). The van der Waals surface area contributed by atoms with Gasteiger partial charge in [-0.1, -0.05) is 0 Å². The summed E-state index contributed by atoms with van der Waals surface area (Å²) in [6.45, 7) is 0.144. The lowest BCUT2D eigenvalue weighted by Crippen LogP contribution is -2.35. The molecule has 0 fully saturated rings. The third-order valence-electron chi connectivity index (χ3n) is 2.16. The van der Waals surface area contributed by atoms with Crippen molar-refractivity contribution in [2.75, 3.05) is 17.6 Å². The number of alkyl halides is 4. The summed E-state index contributed by atoms with van der Waals surface area (Å²) in [4.78, 5) is 0. The molecule has 0 atom stereocenters. The highest BCUT2D eigenvalue weighted by Gasteiger charge is 2.40. The van der Waals surface area contributed by atoms with Gasteiger partial charge in [0.25, 0.3) is 0 Å². The molecule has 2 nitrogen and oxygen atoms in total. The molecule has 0 aliphatic carbocycles. The van der Waals surface area contributed by atoms with E-state index in [1.165, 1.54) is 13.0 Å². The van der Waals surface area contributed by atoms with E-state index in [2.05, 4.69) is 5.32 Å². The molecule has 3 N–H and O–H groups in total. The van der Waals surface area contributed by atoms with Gasteiger partial charge in [0, 0.05) is 0 Å². The number of anilines is 2. The van der Waals surface area contributed by atoms with Crippen LogP contribution in [0, 0.1) is 12.7 Å². The standard InChI is InChI=1S/C10H11F5N2/c1-5-2-8(7(16)3-6(5)11)17-4-10(14,15)9(12)13/h2-3,9,17H,4,16H2,1H3. The Hall–Kier alpha value is -1.53. The summed E-state index contributed by atoms with van der Waals surface area (Å²) in [6.07, 6.45) is -3.77. The highest BCUT2D eigenvalue weighted by molar-refractivity contribution is 5.67. The maximum atomic E-state index is 13.0. The van der Waals surface area contributed by atoms with Crippen LogP contribution in [-0.4, -0.2) is 18.9 Å². The molecular formula is C10H11F5N2. The van der Waals surface area contributed by atoms with Crippen molar-refractivity contribution < 1.29 is 22.0 Å². The van der Waals surface area contributed by atoms with Gasteiger partial charge < -0.3 is 11.1 Å². The van der Waals surface area contributed by atoms with Crippen LogP contribution in [0.2, 0.25) is 0 Å². The van der Waals surface area contributed by atoms with Crippen molar-refractivity contribution >= 4 is 11.4 Å². The number of benzene rings is 1. The SMILES string of the molecule is Cc1cc(NCC(F)(F)C(F)F)c(N)cc1F. The van der Waals surface area contributed by atoms with Gasteiger partial charge in [-0.2, -0.15) is 8.78 Å². The summed E-state index contributed by atoms with van der Waals surface area (Å²) >= 11 is 0. The summed E-state index contributed by atoms with van der Waals surface area (Å²) in [5.41, 5.74) is 5.43. The maximum Gasteiger partial charge on any atom is 0.324 e. The van der Waals surface area contributed by atoms with Crippen molar-refractivity contribution in [3.8, 4) is 0 Å². The van der Waals surface area contributed by atoms with Gasteiger partial charge in [0.2, 0.25) is 0 Å². The number of hydrogen-bond donors (Lipinski definition) is 2. The summed E-state index contributed by atoms with van der Waals surface area (Å²) in [5.74, 6) is -4.75. The number of nitrogens with one attached hydrogen (secondary N) is 1. The van der Waals surface area contributed by atoms with Crippen molar-refractivity contribution in [3.63, 3.8) is 0 Å². The van der Waals surface area contributed by atoms with E-state index in [-0.39, 0.29) is 16.9 Å². The van der Waals surface area contributed by atoms with E-state index in [0.717, 1.165) is 6.07 Å². The van der Waals surface area contributed by atoms with Crippen molar-refractivity contribution in [3.05, 3.63) is 23.5 Å². The Morgan fingerprint density at radius 3 is 2.47 bits per heavy atom. The smallest absolute Gasteiger partial charge is 0.324 e. The first kappa shape index (κ1) is 13.5. The lowest BCUT2D eigenvalue weighted by atomic mass is 10.1. The van der Waals surface area contributed by atoms with E-state index in [4.69, 9.17) is 5.73 Å². The Labute approximate surface area is 94.6 Å². The molecule has 0 aromatic heterocycles. The first-order valence-corrected chi connectivity index (χ1v) is 4.69. The third kappa shape index (κ3) is 3.21. The van der Waals surface area contributed by atoms with Gasteiger partial charge in [0.1, 0.15) is 5.82 Å². The van der Waals surface area contributed by atoms with Gasteiger partial charge in [0.15, 0.2) is 0 Å². The van der Waals surface area contributed by atoms with Gasteiger partial charge in [-0.05, 0) is 24.6 Å². The molecule has 0 heterocycles. The molecular weight excluding hydrogens is 243 g/mol. The Bertz CT molecular complexity index is 406. The molecule has 0 bridgehead atoms. The van der Waals surface area contributed by atoms with Crippen LogP contribution in [-0.2, 0) is 0 Å². The zero-order valence-corrected chi connectivity index (χ0v) is 8.91. The van der Waals surface area contributed by atoms with Crippen molar-refractivity contribution in [2.45, 2.75) is 19.3 Å². The minimum Gasteiger partial charge on any atom is -0.397 e. The van der Waals surface area contributed by atoms with Gasteiger partial charge in [-0.25, -0.2) is 13.2 Å². The second kappa shape index (κ2) is 4.77. The van der Waals surface area contributed by atoms with E-state index >= 15 is 0 Å². The summed E-state index contributed by atoms with van der Waals surface area (Å²) < 4.78 is 62.0. The summed E-state index contributed by atoms with van der Waals surface area (Å²) in [5, 5.41) is 2.08. The third-order valence-corrected chi connectivity index (χ3v) is 2.16. The predicted molar refractivity (Wildman–Crippen MR) is 55.0 cm³/mol. The molecule has 0 saturated carbocycles. The molecule has 96 valence electrons. The van der Waals surface area contributed by atoms with Crippen LogP contribution >= 0.6 is 0 Å². The topological polar surface area (TPSA) is 38.0 Å². The van der Waals surface area contributed by atoms with E-state index in [0.29, 0.717) is 0 Å². The molecule has 0 aliphatic rings. The molecule has 0 spiro atoms. The number of rotatable bonds is 4. The molecule has 0 aliphatic heterocycles. The van der Waals surface area contributed by atoms with Crippen molar-refractivity contribution in [1.82, 2.24) is 0 Å². The highest BCUT2D eigenvalue weighted by Crippen LogP contribution is 2.26. The van der Waals surface area contributed by atoms with E-state index < -0.39 is 24.7 Å². The predicted octanol–water partition coefficient (Wildman–Crippen LogP) is 3.03. The van der Waals surface area contributed by atoms with Crippen molar-refractivity contribution in [1.29, 1.82) is 0 Å². The average molecular weight is 254 g/mol. The molecule has 7 heteroatoms. The van der Waals surface area contributed by atoms with Crippen LogP contribution < -0.4 is 11.1 Å². The second-order valence-corrected chi connectivity index (χ2v) is 3.60. The lowest BCUT2D eigenvalue weighted by Gasteiger charge is -2.17. The Balaban J connectivity index is 2.80. The van der Waals surface area contributed by atoms with Crippen LogP contribution in [0.5, 0.6) is 0 Å². The fourth-order valence-electron chi connectivity index (χ4n) is 1.14. The van der Waals surface area contributed by atoms with Crippen LogP contribution in [0.3, 0.4) is 0 Å². The second-order valence-electron chi connectivity index (χ2n) is 3.60. The summed E-state index contributed by atoms with van der Waals surface area (Å²) in [6, 6.07) is 2.13. The Morgan fingerprint density at radius 2 is 1.94 bits per heavy atom. The fraction of sp³-hybridized carbons (Fsp3) is 0.400. The maximum absolute atomic E-state index is 13.0. The van der Waals surface area contributed by atoms with Gasteiger partial charge >= 0.3 is 12.3 Å². The Morgan fingerprint density at radius 1 is 1.35 bits per heavy atom. The number of nitrogens with two attached hydrogens (primary N) is 1. The normalized spacial score (nSPS) is 11.9. The zero-order chi connectivity index (χ0) is 13.2. The molecule has 17 heavy (non-hydrogen) atoms. The first-order valence-electron chi connectivity index (χ1n) is 4.69. The van der Waals surface area contributed by atoms with E-state index in [1.54, 1.807) is 0 Å². The van der Waals surface area contributed by atoms with E-state index in [1.807, 2.05) is 0 Å². The number of aryl methyl sites for hydroxylation is 1. The quantitative estimate of drug-likeness (QED) is 0.640. The molecule has 0 saturated heterocycles. The van der Waals surface area contributed by atoms with Gasteiger partial charge in [-0.3, -0.25) is 0 Å². The average Bonchev–Trinajstić information content (AvgIpc) is 2.21. The van der Waals surface area contributed by atoms with Crippen molar-refractivity contribution in [2.24, 2.45) is 0 Å². The minimum atomic E-state index is -4.16. The number of hydrogen-bond acceptors (Lipinski definition) is 2. The minimum absolute atomic E-state index is 0.00391. The molecule has 0 amide bonds. The number of halogens is 5. The highest BCUT2D eigenvalue weighted by atomic mass is 19.3. The lowest BCUT2D eigenvalue weighted by molar-refractivity contribution is -0.117. The molecule has 1 aromatic carbocycles. The molecule has 0 radical (unpaired) electrons. The van der Waals surface area contributed by atoms with Gasteiger partial charge in [0.05, 0.1) is 17.9 Å². The monoisotopic (exact) mass is 254 g/mol. The Kier molecular flexibility index (Phi) is 3.79. The summed E-state index contributed by atoms with van der Waals surface area (Å²) in [7, 11) is 0. The molecule has 0 unspecified atom stereocenters.